The van der Waals surface area contributed by atoms with E-state index in [4.69, 9.17) is 4.98 Å². The highest BCUT2D eigenvalue weighted by atomic mass is 16.2. The fourth-order valence-electron chi connectivity index (χ4n) is 4.50. The van der Waals surface area contributed by atoms with Gasteiger partial charge in [-0.1, -0.05) is 39.0 Å². The number of hydrogen-bond acceptors (Lipinski definition) is 6. The second-order valence-electron chi connectivity index (χ2n) is 8.97. The van der Waals surface area contributed by atoms with Crippen LogP contribution in [0.4, 0.5) is 5.95 Å². The topological polar surface area (TPSA) is 87.8 Å². The molecular formula is C22H35N7O2. The largest absolute Gasteiger partial charge is 0.349 e. The van der Waals surface area contributed by atoms with E-state index in [1.54, 1.807) is 6.20 Å². The zero-order chi connectivity index (χ0) is 21.8. The van der Waals surface area contributed by atoms with Crippen LogP contribution in [0.25, 0.3) is 5.78 Å². The summed E-state index contributed by atoms with van der Waals surface area (Å²) in [7, 11) is 2.10. The first-order valence-electron chi connectivity index (χ1n) is 11.8. The molecule has 1 aliphatic carbocycles. The van der Waals surface area contributed by atoms with Crippen molar-refractivity contribution < 1.29 is 4.79 Å². The Bertz CT molecular complexity index is 953. The van der Waals surface area contributed by atoms with Gasteiger partial charge in [-0.05, 0) is 26.3 Å². The van der Waals surface area contributed by atoms with Crippen LogP contribution in [0.15, 0.2) is 11.0 Å². The lowest BCUT2D eigenvalue weighted by atomic mass is 9.95. The maximum Gasteiger partial charge on any atom is 0.288 e. The van der Waals surface area contributed by atoms with Gasteiger partial charge < -0.3 is 19.7 Å². The highest BCUT2D eigenvalue weighted by Gasteiger charge is 2.24. The smallest absolute Gasteiger partial charge is 0.288 e. The molecule has 1 saturated heterocycles. The van der Waals surface area contributed by atoms with E-state index in [-0.39, 0.29) is 23.1 Å². The van der Waals surface area contributed by atoms with Gasteiger partial charge in [0, 0.05) is 45.0 Å². The van der Waals surface area contributed by atoms with E-state index in [1.165, 1.54) is 10.9 Å². The number of unbranched alkanes of at least 4 members (excludes halogenated alkanes) is 2. The van der Waals surface area contributed by atoms with Gasteiger partial charge in [-0.15, -0.1) is 5.10 Å². The number of fused-ring (bicyclic) bond motifs is 1. The van der Waals surface area contributed by atoms with Gasteiger partial charge in [0.05, 0.1) is 0 Å². The van der Waals surface area contributed by atoms with Gasteiger partial charge in [0.25, 0.3) is 11.5 Å². The Morgan fingerprint density at radius 1 is 1.13 bits per heavy atom. The van der Waals surface area contributed by atoms with Gasteiger partial charge in [-0.3, -0.25) is 9.59 Å². The molecule has 0 atom stereocenters. The molecule has 9 heteroatoms. The third-order valence-electron chi connectivity index (χ3n) is 6.52. The van der Waals surface area contributed by atoms with E-state index < -0.39 is 0 Å². The molecule has 1 aliphatic heterocycles. The number of piperazine rings is 1. The lowest BCUT2D eigenvalue weighted by molar-refractivity contribution is 0.0925. The first-order valence-corrected chi connectivity index (χ1v) is 11.8. The van der Waals surface area contributed by atoms with Gasteiger partial charge in [-0.2, -0.15) is 9.50 Å². The molecule has 4 rings (SSSR count). The van der Waals surface area contributed by atoms with E-state index >= 15 is 0 Å². The fraction of sp³-hybridized carbons (Fsp3) is 0.727. The number of anilines is 1. The van der Waals surface area contributed by atoms with Crippen LogP contribution in [-0.2, 0) is 6.54 Å². The highest BCUT2D eigenvalue weighted by Crippen LogP contribution is 2.18. The molecule has 2 aromatic heterocycles. The van der Waals surface area contributed by atoms with Crippen molar-refractivity contribution in [2.24, 2.45) is 0 Å². The maximum atomic E-state index is 13.2. The summed E-state index contributed by atoms with van der Waals surface area (Å²) >= 11 is 0. The molecule has 170 valence electrons. The van der Waals surface area contributed by atoms with E-state index in [0.29, 0.717) is 18.3 Å². The number of hydrogen-bond donors (Lipinski definition) is 1. The molecule has 0 aromatic carbocycles. The third-order valence-corrected chi connectivity index (χ3v) is 6.52. The van der Waals surface area contributed by atoms with Crippen LogP contribution >= 0.6 is 0 Å². The van der Waals surface area contributed by atoms with Crippen molar-refractivity contribution in [3.8, 4) is 0 Å². The van der Waals surface area contributed by atoms with E-state index in [9.17, 15) is 9.59 Å². The van der Waals surface area contributed by atoms with E-state index in [1.807, 2.05) is 4.57 Å². The van der Waals surface area contributed by atoms with Gasteiger partial charge in [0.15, 0.2) is 0 Å². The summed E-state index contributed by atoms with van der Waals surface area (Å²) in [4.78, 5) is 35.3. The highest BCUT2D eigenvalue weighted by molar-refractivity contribution is 5.94. The molecule has 1 N–H and O–H groups in total. The number of nitrogens with one attached hydrogen (secondary N) is 1. The third kappa shape index (κ3) is 4.92. The molecule has 1 saturated carbocycles. The van der Waals surface area contributed by atoms with E-state index in [0.717, 1.165) is 71.1 Å². The number of likely N-dealkylation sites (N-methyl/N-ethyl adjacent to an activating group) is 1. The van der Waals surface area contributed by atoms with Crippen LogP contribution in [0.5, 0.6) is 0 Å². The molecule has 2 aliphatic rings. The Morgan fingerprint density at radius 2 is 1.87 bits per heavy atom. The molecule has 31 heavy (non-hydrogen) atoms. The van der Waals surface area contributed by atoms with Gasteiger partial charge in [-0.25, -0.2) is 0 Å². The number of carbonyl (C=O) groups is 1. The zero-order valence-electron chi connectivity index (χ0n) is 18.8. The number of aromatic nitrogens is 4. The van der Waals surface area contributed by atoms with Crippen LogP contribution in [0.1, 0.15) is 68.6 Å². The minimum Gasteiger partial charge on any atom is -0.349 e. The Morgan fingerprint density at radius 3 is 2.58 bits per heavy atom. The van der Waals surface area contributed by atoms with E-state index in [2.05, 4.69) is 34.2 Å². The molecule has 9 nitrogen and oxygen atoms in total. The second kappa shape index (κ2) is 9.80. The molecule has 2 aromatic rings. The van der Waals surface area contributed by atoms with Crippen LogP contribution in [0.2, 0.25) is 0 Å². The zero-order valence-corrected chi connectivity index (χ0v) is 18.8. The molecular weight excluding hydrogens is 394 g/mol. The summed E-state index contributed by atoms with van der Waals surface area (Å²) in [5.74, 6) is 0.795. The summed E-state index contributed by atoms with van der Waals surface area (Å²) in [6, 6.07) is 0.154. The van der Waals surface area contributed by atoms with Crippen molar-refractivity contribution in [3.05, 3.63) is 22.1 Å². The summed E-state index contributed by atoms with van der Waals surface area (Å²) in [5, 5.41) is 7.62. The standard InChI is InChI=1S/C22H35N7O2/c1-3-4-8-11-28-16-18(19(30)23-17-9-6-5-7-10-17)20(31)29-22(28)24-21(25-29)27-14-12-26(2)13-15-27/h16-17H,3-15H2,1-2H3,(H,23,30). The van der Waals surface area contributed by atoms with Gasteiger partial charge in [0.1, 0.15) is 5.56 Å². The average Bonchev–Trinajstić information content (AvgIpc) is 3.23. The molecule has 0 unspecified atom stereocenters. The Kier molecular flexibility index (Phi) is 6.89. The first kappa shape index (κ1) is 21.8. The van der Waals surface area contributed by atoms with Crippen LogP contribution < -0.4 is 15.8 Å². The number of aryl methyl sites for hydroxylation is 1. The van der Waals surface area contributed by atoms with Crippen molar-refractivity contribution in [1.29, 1.82) is 0 Å². The normalized spacial score (nSPS) is 18.6. The number of carbonyl (C=O) groups excluding carboxylic acids is 1. The van der Waals surface area contributed by atoms with Crippen molar-refractivity contribution in [3.63, 3.8) is 0 Å². The van der Waals surface area contributed by atoms with Crippen LogP contribution in [-0.4, -0.2) is 69.2 Å². The summed E-state index contributed by atoms with van der Waals surface area (Å²) in [6.07, 6.45) is 10.3. The minimum atomic E-state index is -0.386. The predicted octanol–water partition coefficient (Wildman–Crippen LogP) is 1.90. The summed E-state index contributed by atoms with van der Waals surface area (Å²) < 4.78 is 3.26. The van der Waals surface area contributed by atoms with Crippen molar-refractivity contribution in [2.45, 2.75) is 70.9 Å². The Labute approximate surface area is 183 Å². The second-order valence-corrected chi connectivity index (χ2v) is 8.97. The summed E-state index contributed by atoms with van der Waals surface area (Å²) in [5.41, 5.74) is -0.229. The molecule has 0 radical (unpaired) electrons. The van der Waals surface area contributed by atoms with Crippen molar-refractivity contribution >= 4 is 17.6 Å². The predicted molar refractivity (Wildman–Crippen MR) is 121 cm³/mol. The van der Waals surface area contributed by atoms with Crippen molar-refractivity contribution in [1.82, 2.24) is 29.4 Å². The molecule has 0 bridgehead atoms. The SMILES string of the molecule is CCCCCn1cc(C(=O)NC2CCCCC2)c(=O)n2nc(N3CCN(C)CC3)nc12. The lowest BCUT2D eigenvalue weighted by Gasteiger charge is -2.31. The van der Waals surface area contributed by atoms with Crippen LogP contribution in [0, 0.1) is 0 Å². The number of amides is 1. The maximum absolute atomic E-state index is 13.2. The minimum absolute atomic E-state index is 0.154. The summed E-state index contributed by atoms with van der Waals surface area (Å²) in [6.45, 7) is 6.39. The first-order chi connectivity index (χ1) is 15.1. The monoisotopic (exact) mass is 429 g/mol. The average molecular weight is 430 g/mol. The van der Waals surface area contributed by atoms with Crippen molar-refractivity contribution in [2.75, 3.05) is 38.1 Å². The molecule has 2 fully saturated rings. The molecule has 0 spiro atoms. The lowest BCUT2D eigenvalue weighted by Crippen LogP contribution is -2.45. The Hall–Kier alpha value is -2.42. The molecule has 1 amide bonds. The molecule has 3 heterocycles. The van der Waals surface area contributed by atoms with Gasteiger partial charge in [0.2, 0.25) is 11.7 Å². The Balaban J connectivity index is 1.66. The van der Waals surface area contributed by atoms with Gasteiger partial charge >= 0.3 is 0 Å². The quantitative estimate of drug-likeness (QED) is 0.677. The fourth-order valence-corrected chi connectivity index (χ4v) is 4.50. The number of rotatable bonds is 7. The number of nitrogens with zero attached hydrogens (tertiary/aromatic N) is 6. The van der Waals surface area contributed by atoms with Crippen LogP contribution in [0.3, 0.4) is 0 Å².